The van der Waals surface area contributed by atoms with Gasteiger partial charge in [-0.2, -0.15) is 4.98 Å². The number of aromatic nitrogens is 2. The highest BCUT2D eigenvalue weighted by Gasteiger charge is 2.21. The molecule has 0 bridgehead atoms. The zero-order valence-corrected chi connectivity index (χ0v) is 13.5. The lowest BCUT2D eigenvalue weighted by molar-refractivity contribution is 0.391. The van der Waals surface area contributed by atoms with Gasteiger partial charge in [-0.25, -0.2) is 0 Å². The van der Waals surface area contributed by atoms with Gasteiger partial charge in [0.25, 0.3) is 5.89 Å². The molecular formula is C16H19BrN2O2. The van der Waals surface area contributed by atoms with Crippen LogP contribution in [0.15, 0.2) is 27.2 Å². The van der Waals surface area contributed by atoms with Crippen LogP contribution < -0.4 is 0 Å². The minimum Gasteiger partial charge on any atom is -0.507 e. The fraction of sp³-hybridized carbons (Fsp3) is 0.500. The molecule has 1 aliphatic rings. The molecule has 5 heteroatoms. The SMILES string of the molecule is Oc1ccc(Br)cc1-c1nc(C2CCCCCCC2)no1. The maximum atomic E-state index is 9.94. The second-order valence-corrected chi connectivity index (χ2v) is 6.58. The summed E-state index contributed by atoms with van der Waals surface area (Å²) in [5.74, 6) is 1.72. The van der Waals surface area contributed by atoms with E-state index >= 15 is 0 Å². The van der Waals surface area contributed by atoms with E-state index < -0.39 is 0 Å². The van der Waals surface area contributed by atoms with Gasteiger partial charge in [0.05, 0.1) is 5.56 Å². The molecule has 0 saturated heterocycles. The van der Waals surface area contributed by atoms with Gasteiger partial charge >= 0.3 is 0 Å². The number of aromatic hydroxyl groups is 1. The van der Waals surface area contributed by atoms with Crippen LogP contribution in [0.5, 0.6) is 5.75 Å². The normalized spacial score (nSPS) is 17.4. The van der Waals surface area contributed by atoms with Crippen molar-refractivity contribution in [2.24, 2.45) is 0 Å². The molecule has 1 heterocycles. The van der Waals surface area contributed by atoms with Gasteiger partial charge < -0.3 is 9.63 Å². The summed E-state index contributed by atoms with van der Waals surface area (Å²) in [5.41, 5.74) is 0.578. The van der Waals surface area contributed by atoms with Crippen molar-refractivity contribution in [2.45, 2.75) is 50.9 Å². The smallest absolute Gasteiger partial charge is 0.261 e. The molecule has 1 N–H and O–H groups in total. The molecule has 0 atom stereocenters. The molecular weight excluding hydrogens is 332 g/mol. The van der Waals surface area contributed by atoms with Crippen LogP contribution in [0.1, 0.15) is 56.7 Å². The second-order valence-electron chi connectivity index (χ2n) is 5.66. The first-order chi connectivity index (χ1) is 10.2. The topological polar surface area (TPSA) is 59.2 Å². The van der Waals surface area contributed by atoms with Gasteiger partial charge in [0.1, 0.15) is 5.75 Å². The van der Waals surface area contributed by atoms with Crippen LogP contribution >= 0.6 is 15.9 Å². The Bertz CT molecular complexity index is 604. The van der Waals surface area contributed by atoms with Gasteiger partial charge in [-0.15, -0.1) is 0 Å². The third-order valence-corrected chi connectivity index (χ3v) is 4.59. The Labute approximate surface area is 132 Å². The molecule has 1 aromatic carbocycles. The Hall–Kier alpha value is -1.36. The van der Waals surface area contributed by atoms with Crippen LogP contribution in [0.4, 0.5) is 0 Å². The van der Waals surface area contributed by atoms with E-state index in [4.69, 9.17) is 4.52 Å². The highest BCUT2D eigenvalue weighted by Crippen LogP contribution is 2.34. The number of benzene rings is 1. The summed E-state index contributed by atoms with van der Waals surface area (Å²) in [7, 11) is 0. The van der Waals surface area contributed by atoms with Crippen molar-refractivity contribution < 1.29 is 9.63 Å². The first-order valence-corrected chi connectivity index (χ1v) is 8.36. The van der Waals surface area contributed by atoms with Crippen LogP contribution in [0.3, 0.4) is 0 Å². The summed E-state index contributed by atoms with van der Waals surface area (Å²) in [6.45, 7) is 0. The first-order valence-electron chi connectivity index (χ1n) is 7.56. The molecule has 1 aromatic heterocycles. The summed E-state index contributed by atoms with van der Waals surface area (Å²) in [5, 5.41) is 14.1. The Balaban J connectivity index is 1.83. The lowest BCUT2D eigenvalue weighted by Gasteiger charge is -2.15. The predicted molar refractivity (Wildman–Crippen MR) is 84.2 cm³/mol. The molecule has 1 fully saturated rings. The summed E-state index contributed by atoms with van der Waals surface area (Å²) in [6, 6.07) is 5.20. The molecule has 0 spiro atoms. The maximum Gasteiger partial charge on any atom is 0.261 e. The van der Waals surface area contributed by atoms with Crippen LogP contribution in [-0.4, -0.2) is 15.2 Å². The number of phenolic OH excluding ortho intramolecular Hbond substituents is 1. The maximum absolute atomic E-state index is 9.94. The summed E-state index contributed by atoms with van der Waals surface area (Å²) in [6.07, 6.45) is 8.66. The zero-order chi connectivity index (χ0) is 14.7. The van der Waals surface area contributed by atoms with E-state index in [9.17, 15) is 5.11 Å². The van der Waals surface area contributed by atoms with E-state index in [2.05, 4.69) is 26.1 Å². The number of rotatable bonds is 2. The third kappa shape index (κ3) is 3.46. The Morgan fingerprint density at radius 2 is 1.81 bits per heavy atom. The van der Waals surface area contributed by atoms with Crippen molar-refractivity contribution in [1.29, 1.82) is 0 Å². The minimum absolute atomic E-state index is 0.158. The van der Waals surface area contributed by atoms with Gasteiger partial charge in [0.15, 0.2) is 5.82 Å². The monoisotopic (exact) mass is 350 g/mol. The van der Waals surface area contributed by atoms with Crippen molar-refractivity contribution in [2.75, 3.05) is 0 Å². The number of nitrogens with zero attached hydrogens (tertiary/aromatic N) is 2. The van der Waals surface area contributed by atoms with Crippen molar-refractivity contribution in [3.05, 3.63) is 28.5 Å². The van der Waals surface area contributed by atoms with E-state index in [0.717, 1.165) is 23.1 Å². The van der Waals surface area contributed by atoms with Gasteiger partial charge in [0, 0.05) is 10.4 Å². The lowest BCUT2D eigenvalue weighted by Crippen LogP contribution is -2.04. The summed E-state index contributed by atoms with van der Waals surface area (Å²) < 4.78 is 6.25. The zero-order valence-electron chi connectivity index (χ0n) is 11.9. The van der Waals surface area contributed by atoms with Crippen LogP contribution in [0, 0.1) is 0 Å². The highest BCUT2D eigenvalue weighted by molar-refractivity contribution is 9.10. The first kappa shape index (κ1) is 14.6. The van der Waals surface area contributed by atoms with Crippen LogP contribution in [-0.2, 0) is 0 Å². The molecule has 0 amide bonds. The van der Waals surface area contributed by atoms with Crippen molar-refractivity contribution in [1.82, 2.24) is 10.1 Å². The number of phenols is 1. The molecule has 0 unspecified atom stereocenters. The molecule has 21 heavy (non-hydrogen) atoms. The Morgan fingerprint density at radius 1 is 1.10 bits per heavy atom. The molecule has 112 valence electrons. The van der Waals surface area contributed by atoms with Crippen LogP contribution in [0.25, 0.3) is 11.5 Å². The minimum atomic E-state index is 0.158. The fourth-order valence-electron chi connectivity index (χ4n) is 2.90. The average molecular weight is 351 g/mol. The standard InChI is InChI=1S/C16H19BrN2O2/c17-12-8-9-14(20)13(10-12)16-18-15(19-21-16)11-6-4-2-1-3-5-7-11/h8-11,20H,1-7H2. The molecule has 2 aromatic rings. The Morgan fingerprint density at radius 3 is 2.57 bits per heavy atom. The summed E-state index contributed by atoms with van der Waals surface area (Å²) >= 11 is 3.40. The van der Waals surface area contributed by atoms with Crippen LogP contribution in [0.2, 0.25) is 0 Å². The summed E-state index contributed by atoms with van der Waals surface area (Å²) in [4.78, 5) is 4.52. The van der Waals surface area contributed by atoms with E-state index in [0.29, 0.717) is 17.4 Å². The van der Waals surface area contributed by atoms with E-state index in [1.54, 1.807) is 18.2 Å². The average Bonchev–Trinajstić information content (AvgIpc) is 2.90. The number of hydrogen-bond acceptors (Lipinski definition) is 4. The van der Waals surface area contributed by atoms with E-state index in [1.165, 1.54) is 32.1 Å². The van der Waals surface area contributed by atoms with Gasteiger partial charge in [0.2, 0.25) is 0 Å². The molecule has 1 aliphatic carbocycles. The second kappa shape index (κ2) is 6.60. The van der Waals surface area contributed by atoms with Crippen molar-refractivity contribution in [3.63, 3.8) is 0 Å². The fourth-order valence-corrected chi connectivity index (χ4v) is 3.27. The van der Waals surface area contributed by atoms with Crippen molar-refractivity contribution in [3.8, 4) is 17.2 Å². The van der Waals surface area contributed by atoms with E-state index in [1.807, 2.05) is 0 Å². The van der Waals surface area contributed by atoms with Gasteiger partial charge in [-0.3, -0.25) is 0 Å². The Kier molecular flexibility index (Phi) is 4.58. The highest BCUT2D eigenvalue weighted by atomic mass is 79.9. The quantitative estimate of drug-likeness (QED) is 0.824. The van der Waals surface area contributed by atoms with Crippen molar-refractivity contribution >= 4 is 15.9 Å². The molecule has 0 aliphatic heterocycles. The lowest BCUT2D eigenvalue weighted by atomic mass is 9.91. The predicted octanol–water partition coefficient (Wildman–Crippen LogP) is 5.03. The molecule has 0 radical (unpaired) electrons. The molecule has 3 rings (SSSR count). The number of hydrogen-bond donors (Lipinski definition) is 1. The van der Waals surface area contributed by atoms with Gasteiger partial charge in [-0.05, 0) is 31.0 Å². The van der Waals surface area contributed by atoms with E-state index in [-0.39, 0.29) is 5.75 Å². The molecule has 1 saturated carbocycles. The number of halogens is 1. The molecule has 4 nitrogen and oxygen atoms in total. The third-order valence-electron chi connectivity index (χ3n) is 4.10. The largest absolute Gasteiger partial charge is 0.507 e. The van der Waals surface area contributed by atoms with Gasteiger partial charge in [-0.1, -0.05) is 53.2 Å².